The molecule has 45 valence electrons. The molecule has 9 heavy (non-hydrogen) atoms. The first-order valence-corrected chi connectivity index (χ1v) is 2.53. The number of anilines is 1. The van der Waals surface area contributed by atoms with E-state index in [4.69, 9.17) is 5.73 Å². The molecule has 1 rings (SSSR count). The van der Waals surface area contributed by atoms with E-state index in [1.54, 1.807) is 0 Å². The summed E-state index contributed by atoms with van der Waals surface area (Å²) in [5.41, 5.74) is 7.33. The third-order valence-electron chi connectivity index (χ3n) is 0.970. The smallest absolute Gasteiger partial charge is 0 e. The number of benzene rings is 1. The fraction of sp³-hybridized carbons (Fsp3) is 0.143. The van der Waals surface area contributed by atoms with Crippen LogP contribution in [0.4, 0.5) is 5.69 Å². The molecule has 0 amide bonds. The molecular formula is C7H8NY-. The molecule has 0 saturated carbocycles. The average Bonchev–Trinajstić information content (AvgIpc) is 1.64. The van der Waals surface area contributed by atoms with E-state index in [2.05, 4.69) is 6.07 Å². The number of hydrogen-bond acceptors (Lipinski definition) is 1. The van der Waals surface area contributed by atoms with Gasteiger partial charge in [-0.1, -0.05) is 12.6 Å². The summed E-state index contributed by atoms with van der Waals surface area (Å²) in [7, 11) is 0. The molecule has 2 heteroatoms. The molecule has 0 aliphatic rings. The maximum atomic E-state index is 5.44. The van der Waals surface area contributed by atoms with Crippen LogP contribution in [-0.2, 0) is 32.7 Å². The second-order valence-electron chi connectivity index (χ2n) is 1.81. The van der Waals surface area contributed by atoms with Crippen LogP contribution in [0.5, 0.6) is 0 Å². The summed E-state index contributed by atoms with van der Waals surface area (Å²) in [6.45, 7) is 1.97. The van der Waals surface area contributed by atoms with Gasteiger partial charge in [0.25, 0.3) is 0 Å². The zero-order valence-corrected chi connectivity index (χ0v) is 8.23. The zero-order valence-electron chi connectivity index (χ0n) is 5.39. The molecule has 0 heterocycles. The minimum atomic E-state index is 0. The molecular weight excluding hydrogens is 187 g/mol. The standard InChI is InChI=1S/C7H8N.Y/c1-6-3-2-4-7(8)5-6;/h2,4-5H,8H2,1H3;/q-1;. The second kappa shape index (κ2) is 4.02. The van der Waals surface area contributed by atoms with Gasteiger partial charge in [0, 0.05) is 32.7 Å². The first kappa shape index (κ1) is 9.12. The Labute approximate surface area is 80.5 Å². The largest absolute Gasteiger partial charge is 0.419 e. The number of aryl methyl sites for hydroxylation is 1. The van der Waals surface area contributed by atoms with Crippen molar-refractivity contribution in [1.82, 2.24) is 0 Å². The van der Waals surface area contributed by atoms with Crippen molar-refractivity contribution < 1.29 is 32.7 Å². The molecule has 1 radical (unpaired) electrons. The van der Waals surface area contributed by atoms with Crippen molar-refractivity contribution in [2.45, 2.75) is 6.92 Å². The van der Waals surface area contributed by atoms with E-state index >= 15 is 0 Å². The van der Waals surface area contributed by atoms with Crippen LogP contribution >= 0.6 is 0 Å². The zero-order chi connectivity index (χ0) is 5.98. The quantitative estimate of drug-likeness (QED) is 0.491. The van der Waals surface area contributed by atoms with Crippen molar-refractivity contribution in [3.05, 3.63) is 29.8 Å². The topological polar surface area (TPSA) is 26.0 Å². The Balaban J connectivity index is 0.000000640. The van der Waals surface area contributed by atoms with E-state index in [9.17, 15) is 0 Å². The predicted octanol–water partition coefficient (Wildman–Crippen LogP) is 1.37. The van der Waals surface area contributed by atoms with Crippen LogP contribution in [0, 0.1) is 13.0 Å². The number of nitrogens with two attached hydrogens (primary N) is 1. The minimum Gasteiger partial charge on any atom is -0.419 e. The molecule has 1 aromatic rings. The van der Waals surface area contributed by atoms with E-state index in [-0.39, 0.29) is 32.7 Å². The Bertz CT molecular complexity index is 169. The van der Waals surface area contributed by atoms with Crippen molar-refractivity contribution in [2.24, 2.45) is 0 Å². The maximum Gasteiger partial charge on any atom is 0 e. The van der Waals surface area contributed by atoms with Gasteiger partial charge in [0.05, 0.1) is 0 Å². The van der Waals surface area contributed by atoms with Crippen LogP contribution < -0.4 is 5.73 Å². The summed E-state index contributed by atoms with van der Waals surface area (Å²) in [6.07, 6.45) is 0. The van der Waals surface area contributed by atoms with Crippen LogP contribution in [0.2, 0.25) is 0 Å². The van der Waals surface area contributed by atoms with Crippen molar-refractivity contribution in [3.8, 4) is 0 Å². The first-order chi connectivity index (χ1) is 3.79. The van der Waals surface area contributed by atoms with Crippen LogP contribution in [-0.4, -0.2) is 0 Å². The molecule has 1 aromatic carbocycles. The Morgan fingerprint density at radius 2 is 2.22 bits per heavy atom. The molecule has 0 spiro atoms. The first-order valence-electron chi connectivity index (χ1n) is 2.53. The fourth-order valence-electron chi connectivity index (χ4n) is 0.609. The average molecular weight is 195 g/mol. The molecule has 0 aliphatic carbocycles. The van der Waals surface area contributed by atoms with Crippen LogP contribution in [0.15, 0.2) is 18.2 Å². The summed E-state index contributed by atoms with van der Waals surface area (Å²) in [6, 6.07) is 8.53. The predicted molar refractivity (Wildman–Crippen MR) is 34.4 cm³/mol. The Morgan fingerprint density at radius 1 is 1.56 bits per heavy atom. The second-order valence-corrected chi connectivity index (χ2v) is 1.81. The number of rotatable bonds is 0. The summed E-state index contributed by atoms with van der Waals surface area (Å²) >= 11 is 0. The third-order valence-corrected chi connectivity index (χ3v) is 0.970. The Hall–Kier alpha value is 0.124. The van der Waals surface area contributed by atoms with Gasteiger partial charge in [-0.05, 0) is 0 Å². The molecule has 0 aromatic heterocycles. The van der Waals surface area contributed by atoms with Crippen molar-refractivity contribution in [3.63, 3.8) is 0 Å². The van der Waals surface area contributed by atoms with E-state index in [1.807, 2.05) is 25.1 Å². The van der Waals surface area contributed by atoms with Gasteiger partial charge in [-0.3, -0.25) is 0 Å². The third kappa shape index (κ3) is 2.97. The van der Waals surface area contributed by atoms with Gasteiger partial charge in [0.15, 0.2) is 0 Å². The van der Waals surface area contributed by atoms with Gasteiger partial charge in [-0.15, -0.1) is 12.1 Å². The minimum absolute atomic E-state index is 0. The molecule has 0 unspecified atom stereocenters. The van der Waals surface area contributed by atoms with Gasteiger partial charge in [-0.2, -0.15) is 17.7 Å². The normalized spacial score (nSPS) is 8.11. The molecule has 0 aliphatic heterocycles. The number of nitrogen functional groups attached to an aromatic ring is 1. The van der Waals surface area contributed by atoms with E-state index in [1.165, 1.54) is 0 Å². The van der Waals surface area contributed by atoms with Crippen molar-refractivity contribution in [2.75, 3.05) is 5.73 Å². The molecule has 2 N–H and O–H groups in total. The maximum absolute atomic E-state index is 5.44. The Morgan fingerprint density at radius 3 is 2.56 bits per heavy atom. The molecule has 1 nitrogen and oxygen atoms in total. The van der Waals surface area contributed by atoms with Gasteiger partial charge < -0.3 is 5.73 Å². The van der Waals surface area contributed by atoms with E-state index in [0.29, 0.717) is 0 Å². The number of hydrogen-bond donors (Lipinski definition) is 1. The van der Waals surface area contributed by atoms with E-state index in [0.717, 1.165) is 11.3 Å². The molecule has 0 bridgehead atoms. The molecule has 0 saturated heterocycles. The Kier molecular flexibility index (Phi) is 4.08. The molecule has 0 fully saturated rings. The monoisotopic (exact) mass is 195 g/mol. The SMILES string of the molecule is Cc1[c-]ccc(N)c1.[Y]. The van der Waals surface area contributed by atoms with Gasteiger partial charge in [-0.25, -0.2) is 0 Å². The summed E-state index contributed by atoms with van der Waals surface area (Å²) in [5, 5.41) is 0. The summed E-state index contributed by atoms with van der Waals surface area (Å²) < 4.78 is 0. The van der Waals surface area contributed by atoms with E-state index < -0.39 is 0 Å². The molecule has 0 atom stereocenters. The summed E-state index contributed by atoms with van der Waals surface area (Å²) in [4.78, 5) is 0. The van der Waals surface area contributed by atoms with Crippen molar-refractivity contribution >= 4 is 5.69 Å². The fourth-order valence-corrected chi connectivity index (χ4v) is 0.609. The van der Waals surface area contributed by atoms with Crippen LogP contribution in [0.3, 0.4) is 0 Å². The van der Waals surface area contributed by atoms with Gasteiger partial charge in [0.1, 0.15) is 0 Å². The van der Waals surface area contributed by atoms with Crippen molar-refractivity contribution in [1.29, 1.82) is 0 Å². The van der Waals surface area contributed by atoms with Gasteiger partial charge >= 0.3 is 0 Å². The van der Waals surface area contributed by atoms with Crippen LogP contribution in [0.25, 0.3) is 0 Å². The van der Waals surface area contributed by atoms with Gasteiger partial charge in [0.2, 0.25) is 0 Å². The van der Waals surface area contributed by atoms with Crippen LogP contribution in [0.1, 0.15) is 5.56 Å². The summed E-state index contributed by atoms with van der Waals surface area (Å²) in [5.74, 6) is 0.